The summed E-state index contributed by atoms with van der Waals surface area (Å²) in [6, 6.07) is 25.1. The predicted molar refractivity (Wildman–Crippen MR) is 175 cm³/mol. The maximum absolute atomic E-state index is 13.5. The van der Waals surface area contributed by atoms with Gasteiger partial charge in [0.15, 0.2) is 0 Å². The van der Waals surface area contributed by atoms with E-state index in [0.29, 0.717) is 33.9 Å². The van der Waals surface area contributed by atoms with Crippen LogP contribution >= 0.6 is 23.4 Å². The highest BCUT2D eigenvalue weighted by molar-refractivity contribution is 8.00. The van der Waals surface area contributed by atoms with Crippen molar-refractivity contribution in [2.75, 3.05) is 17.7 Å². The molecule has 0 heterocycles. The number of carbonyl (C=O) groups excluding carboxylic acids is 3. The van der Waals surface area contributed by atoms with Gasteiger partial charge in [-0.15, -0.1) is 11.8 Å². The molecule has 238 valence electrons. The molecule has 0 bridgehead atoms. The Morgan fingerprint density at radius 2 is 1.63 bits per heavy atom. The fourth-order valence-corrected chi connectivity index (χ4v) is 5.40. The first kappa shape index (κ1) is 34.1. The van der Waals surface area contributed by atoms with Crippen LogP contribution in [0, 0.1) is 0 Å². The lowest BCUT2D eigenvalue weighted by molar-refractivity contribution is -0.137. The van der Waals surface area contributed by atoms with Crippen LogP contribution < -0.4 is 20.7 Å². The number of carbonyl (C=O) groups is 3. The van der Waals surface area contributed by atoms with Gasteiger partial charge in [-0.3, -0.25) is 14.4 Å². The molecule has 0 aliphatic rings. The number of alkyl halides is 3. The monoisotopic (exact) mass is 667 g/mol. The number of hydrogen-bond acceptors (Lipinski definition) is 5. The van der Waals surface area contributed by atoms with E-state index in [0.717, 1.165) is 23.9 Å². The Labute approximate surface area is 273 Å². The van der Waals surface area contributed by atoms with Crippen molar-refractivity contribution in [2.24, 2.45) is 0 Å². The van der Waals surface area contributed by atoms with E-state index in [1.807, 2.05) is 0 Å². The molecule has 0 aliphatic carbocycles. The second kappa shape index (κ2) is 15.5. The summed E-state index contributed by atoms with van der Waals surface area (Å²) in [6.07, 6.45) is -2.88. The third kappa shape index (κ3) is 9.38. The summed E-state index contributed by atoms with van der Waals surface area (Å²) in [5, 5.41) is 6.97. The molecule has 0 aliphatic heterocycles. The van der Waals surface area contributed by atoms with Gasteiger partial charge in [0.1, 0.15) is 11.4 Å². The minimum atomic E-state index is -4.71. The van der Waals surface area contributed by atoms with Crippen molar-refractivity contribution in [1.82, 2.24) is 5.32 Å². The van der Waals surface area contributed by atoms with Gasteiger partial charge in [-0.2, -0.15) is 13.2 Å². The minimum absolute atomic E-state index is 0.0219. The number of ether oxygens (including phenoxy) is 1. The molecule has 0 saturated carbocycles. The van der Waals surface area contributed by atoms with Crippen molar-refractivity contribution >= 4 is 58.5 Å². The molecule has 4 aromatic carbocycles. The van der Waals surface area contributed by atoms with Crippen LogP contribution in [-0.2, 0) is 15.8 Å². The first-order chi connectivity index (χ1) is 22.0. The zero-order valence-corrected chi connectivity index (χ0v) is 26.2. The van der Waals surface area contributed by atoms with Gasteiger partial charge in [0.05, 0.1) is 23.6 Å². The standard InChI is InChI=1S/C34H29ClF3N3O4S/c1-3-30(33(44)40-28-17-14-23(35)19-27(28)34(36,37)38)46-26-11-7-10-24(20-26)39-32(43)29(18-21-12-15-25(45-2)16-13-21)41-31(42)22-8-5-4-6-9-22/h4-20,30H,3H2,1-2H3,(H,39,43)(H,40,44)(H,41,42)/b29-18+. The Bertz CT molecular complexity index is 1730. The molecule has 3 N–H and O–H groups in total. The number of amides is 3. The Morgan fingerprint density at radius 1 is 0.913 bits per heavy atom. The molecule has 1 atom stereocenters. The number of benzene rings is 4. The third-order valence-corrected chi connectivity index (χ3v) is 8.13. The van der Waals surface area contributed by atoms with E-state index in [1.54, 1.807) is 85.8 Å². The predicted octanol–water partition coefficient (Wildman–Crippen LogP) is 8.29. The Morgan fingerprint density at radius 3 is 2.28 bits per heavy atom. The summed E-state index contributed by atoms with van der Waals surface area (Å²) >= 11 is 6.89. The lowest BCUT2D eigenvalue weighted by atomic mass is 10.1. The number of halogens is 4. The number of anilines is 2. The fourth-order valence-electron chi connectivity index (χ4n) is 4.21. The molecule has 0 fully saturated rings. The van der Waals surface area contributed by atoms with E-state index in [2.05, 4.69) is 16.0 Å². The zero-order chi connectivity index (χ0) is 33.3. The normalized spacial score (nSPS) is 12.2. The number of rotatable bonds is 11. The minimum Gasteiger partial charge on any atom is -0.497 e. The van der Waals surface area contributed by atoms with Gasteiger partial charge in [0.2, 0.25) is 5.91 Å². The smallest absolute Gasteiger partial charge is 0.418 e. The van der Waals surface area contributed by atoms with E-state index in [-0.39, 0.29) is 10.7 Å². The topological polar surface area (TPSA) is 96.5 Å². The number of methoxy groups -OCH3 is 1. The van der Waals surface area contributed by atoms with Crippen molar-refractivity contribution < 1.29 is 32.3 Å². The highest BCUT2D eigenvalue weighted by atomic mass is 35.5. The first-order valence-electron chi connectivity index (χ1n) is 13.9. The molecule has 7 nitrogen and oxygen atoms in total. The summed E-state index contributed by atoms with van der Waals surface area (Å²) in [5.74, 6) is -1.08. The van der Waals surface area contributed by atoms with E-state index in [4.69, 9.17) is 16.3 Å². The van der Waals surface area contributed by atoms with E-state index >= 15 is 0 Å². The van der Waals surface area contributed by atoms with Gasteiger partial charge in [0, 0.05) is 21.2 Å². The maximum Gasteiger partial charge on any atom is 0.418 e. The Balaban J connectivity index is 1.51. The SMILES string of the molecule is CCC(Sc1cccc(NC(=O)/C(=C\c2ccc(OC)cc2)NC(=O)c2ccccc2)c1)C(=O)Nc1ccc(Cl)cc1C(F)(F)F. The summed E-state index contributed by atoms with van der Waals surface area (Å²) in [7, 11) is 1.54. The molecular weight excluding hydrogens is 639 g/mol. The molecular formula is C34H29ClF3N3O4S. The second-order valence-corrected chi connectivity index (χ2v) is 11.5. The molecule has 0 aromatic heterocycles. The molecule has 12 heteroatoms. The fraction of sp³-hybridized carbons (Fsp3) is 0.147. The van der Waals surface area contributed by atoms with Gasteiger partial charge < -0.3 is 20.7 Å². The molecule has 4 aromatic rings. The molecule has 1 unspecified atom stereocenters. The average Bonchev–Trinajstić information content (AvgIpc) is 3.04. The number of nitrogens with one attached hydrogen (secondary N) is 3. The lowest BCUT2D eigenvalue weighted by Gasteiger charge is -2.18. The summed E-state index contributed by atoms with van der Waals surface area (Å²) in [4.78, 5) is 40.0. The van der Waals surface area contributed by atoms with Crippen LogP contribution in [0.3, 0.4) is 0 Å². The van der Waals surface area contributed by atoms with Crippen molar-refractivity contribution in [1.29, 1.82) is 0 Å². The number of thioether (sulfide) groups is 1. The summed E-state index contributed by atoms with van der Waals surface area (Å²) < 4.78 is 45.8. The van der Waals surface area contributed by atoms with Crippen molar-refractivity contribution in [3.8, 4) is 5.75 Å². The highest BCUT2D eigenvalue weighted by Crippen LogP contribution is 2.37. The van der Waals surface area contributed by atoms with Crippen molar-refractivity contribution in [2.45, 2.75) is 29.7 Å². The molecule has 0 spiro atoms. The molecule has 3 amide bonds. The van der Waals surface area contributed by atoms with Crippen LogP contribution in [0.2, 0.25) is 5.02 Å². The van der Waals surface area contributed by atoms with E-state index in [1.165, 1.54) is 19.3 Å². The van der Waals surface area contributed by atoms with Crippen LogP contribution in [0.15, 0.2) is 108 Å². The molecule has 0 saturated heterocycles. The Hall–Kier alpha value is -4.74. The summed E-state index contributed by atoms with van der Waals surface area (Å²) in [6.45, 7) is 1.74. The van der Waals surface area contributed by atoms with Crippen LogP contribution in [0.25, 0.3) is 6.08 Å². The molecule has 0 radical (unpaired) electrons. The van der Waals surface area contributed by atoms with Gasteiger partial charge >= 0.3 is 6.18 Å². The summed E-state index contributed by atoms with van der Waals surface area (Å²) in [5.41, 5.74) is -0.0938. The average molecular weight is 668 g/mol. The van der Waals surface area contributed by atoms with Crippen LogP contribution in [0.5, 0.6) is 5.75 Å². The zero-order valence-electron chi connectivity index (χ0n) is 24.7. The van der Waals surface area contributed by atoms with Crippen LogP contribution in [0.4, 0.5) is 24.5 Å². The Kier molecular flexibility index (Phi) is 11.5. The first-order valence-corrected chi connectivity index (χ1v) is 15.2. The van der Waals surface area contributed by atoms with Gasteiger partial charge in [-0.25, -0.2) is 0 Å². The van der Waals surface area contributed by atoms with Gasteiger partial charge in [-0.05, 0) is 78.7 Å². The second-order valence-electron chi connectivity index (χ2n) is 9.82. The van der Waals surface area contributed by atoms with E-state index in [9.17, 15) is 27.6 Å². The van der Waals surface area contributed by atoms with Crippen molar-refractivity contribution in [3.05, 3.63) is 124 Å². The number of hydrogen-bond donors (Lipinski definition) is 3. The van der Waals surface area contributed by atoms with Crippen LogP contribution in [0.1, 0.15) is 34.8 Å². The van der Waals surface area contributed by atoms with Crippen molar-refractivity contribution in [3.63, 3.8) is 0 Å². The van der Waals surface area contributed by atoms with Gasteiger partial charge in [-0.1, -0.05) is 54.9 Å². The highest BCUT2D eigenvalue weighted by Gasteiger charge is 2.34. The van der Waals surface area contributed by atoms with E-state index < -0.39 is 40.4 Å². The largest absolute Gasteiger partial charge is 0.497 e. The quantitative estimate of drug-likeness (QED) is 0.111. The van der Waals surface area contributed by atoms with Gasteiger partial charge in [0.25, 0.3) is 11.8 Å². The molecule has 46 heavy (non-hydrogen) atoms. The lowest BCUT2D eigenvalue weighted by Crippen LogP contribution is -2.30. The molecule has 4 rings (SSSR count). The third-order valence-electron chi connectivity index (χ3n) is 6.53. The maximum atomic E-state index is 13.5. The van der Waals surface area contributed by atoms with Crippen LogP contribution in [-0.4, -0.2) is 30.1 Å².